The first-order valence-electron chi connectivity index (χ1n) is 48.4. The molecule has 48 nitrogen and oxygen atoms in total. The number of aliphatic carboxylic acids is 1. The van der Waals surface area contributed by atoms with E-state index in [9.17, 15) is 102 Å². The van der Waals surface area contributed by atoms with Crippen LogP contribution in [0.2, 0.25) is 0 Å². The fourth-order valence-electron chi connectivity index (χ4n) is 16.2. The van der Waals surface area contributed by atoms with Crippen LogP contribution in [0.5, 0.6) is 5.75 Å². The van der Waals surface area contributed by atoms with Gasteiger partial charge in [0.05, 0.1) is 38.7 Å². The number of aliphatic hydroxyl groups excluding tert-OH is 2. The first-order chi connectivity index (χ1) is 67.1. The number of aromatic nitrogens is 6. The van der Waals surface area contributed by atoms with E-state index >= 15 is 9.59 Å². The number of nitrogens with two attached hydrogens (primary N) is 2. The van der Waals surface area contributed by atoms with Crippen LogP contribution in [0, 0.1) is 41.4 Å². The molecule has 48 heteroatoms. The molecule has 1 unspecified atom stereocenters. The monoisotopic (exact) mass is 1990 g/mol. The minimum Gasteiger partial charge on any atom is -0.508 e. The first kappa shape index (κ1) is 117. The second-order valence-electron chi connectivity index (χ2n) is 38.5. The molecule has 19 atom stereocenters. The molecule has 5 heterocycles. The number of nitrogens with zero attached hydrogens (tertiary/aromatic N) is 5. The Morgan fingerprint density at radius 2 is 0.775 bits per heavy atom. The van der Waals surface area contributed by atoms with Gasteiger partial charge in [0.1, 0.15) is 108 Å². The van der Waals surface area contributed by atoms with Crippen molar-refractivity contribution < 1.29 is 112 Å². The van der Waals surface area contributed by atoms with Crippen molar-refractivity contribution in [2.24, 2.45) is 52.9 Å². The molecule has 0 aliphatic carbocycles. The lowest BCUT2D eigenvalue weighted by Crippen LogP contribution is -2.62. The summed E-state index contributed by atoms with van der Waals surface area (Å²) in [5, 5.41) is 79.5. The summed E-state index contributed by atoms with van der Waals surface area (Å²) in [5.41, 5.74) is 12.6. The predicted molar refractivity (Wildman–Crippen MR) is 514 cm³/mol. The molecule has 2 aliphatic rings. The van der Waals surface area contributed by atoms with E-state index in [-0.39, 0.29) is 132 Å². The number of carbonyl (C=O) groups excluding carboxylic acids is 18. The number of hydrogen-bond donors (Lipinski definition) is 24. The Balaban J connectivity index is 1.17. The van der Waals surface area contributed by atoms with Crippen LogP contribution < -0.4 is 91.2 Å². The number of imidazole rings is 3. The molecular weight excluding hydrogens is 1850 g/mol. The second-order valence-corrected chi connectivity index (χ2v) is 38.5. The highest BCUT2D eigenvalue weighted by molar-refractivity contribution is 6.02. The second kappa shape index (κ2) is 57.4. The minimum atomic E-state index is -1.73. The van der Waals surface area contributed by atoms with Crippen LogP contribution >= 0.6 is 0 Å². The number of likely N-dealkylation sites (tertiary alicyclic amines) is 2. The number of hydrogen-bond acceptors (Lipinski definition) is 26. The Labute approximate surface area is 824 Å². The number of aromatic hydroxyl groups is 1. The number of rotatable bonds is 59. The van der Waals surface area contributed by atoms with Crippen molar-refractivity contribution in [2.75, 3.05) is 32.8 Å². The van der Waals surface area contributed by atoms with Crippen LogP contribution in [0.15, 0.2) is 61.8 Å². The third kappa shape index (κ3) is 37.2. The van der Waals surface area contributed by atoms with Crippen molar-refractivity contribution in [3.63, 3.8) is 0 Å². The number of nitrogens with one attached hydrogen (secondary N) is 18. The Bertz CT molecular complexity index is 4880. The summed E-state index contributed by atoms with van der Waals surface area (Å²) in [7, 11) is 0. The first-order valence-corrected chi connectivity index (χ1v) is 48.4. The largest absolute Gasteiger partial charge is 0.508 e. The number of benzene rings is 1. The van der Waals surface area contributed by atoms with E-state index in [1.807, 2.05) is 0 Å². The number of phenols is 1. The lowest BCUT2D eigenvalue weighted by Gasteiger charge is -2.32. The van der Waals surface area contributed by atoms with Gasteiger partial charge in [-0.1, -0.05) is 122 Å². The molecule has 6 rings (SSSR count). The normalized spacial score (nSPS) is 17.2. The SMILES string of the molecule is CC[C@H](C)[C@H](NC(=O)C(CO)NC(=O)[C@@H]1CCCN1C(=O)[C@H](CC(C)C)NC(=O)[C@H](Cc1ccc(O)cc1)NC(=O)[C@H](C)NC(=O)[C@H](Cc1cnc[nH]1)NC(=O)[C@H](Cc1cnc[nH]1)NC(=O)[C@H](CC(C)C)NC(=O)[C@@H](NC(=O)[C@@H]1CCCN1C(=O)[C@H](CC(C)C)NC(=O)[C@H](CCC(N)=O)NC(=O)[C@H](CC(C)C)NC(=O)[C@@H](N)CO)[C@@H](C)CC)C(=O)N[C@@H](Cc1cnc[nH]1)C(=O)NCC(=O)N[C@H](C(=O)O)C(C)C. The van der Waals surface area contributed by atoms with E-state index in [1.54, 1.807) is 96.9 Å². The predicted octanol–water partition coefficient (Wildman–Crippen LogP) is -3.67. The van der Waals surface area contributed by atoms with Gasteiger partial charge in [0.2, 0.25) is 106 Å². The van der Waals surface area contributed by atoms with Crippen molar-refractivity contribution in [1.82, 2.24) is 119 Å². The summed E-state index contributed by atoms with van der Waals surface area (Å²) in [6.45, 7) is 23.1. The molecule has 0 spiro atoms. The number of H-pyrrole nitrogens is 3. The molecular formula is C94H147N25O23. The highest BCUT2D eigenvalue weighted by Crippen LogP contribution is 2.26. The number of phenolic OH excluding ortho intramolecular Hbond substituents is 1. The average Bonchev–Trinajstić information content (AvgIpc) is 1.65. The van der Waals surface area contributed by atoms with Crippen LogP contribution in [-0.2, 0) is 117 Å². The van der Waals surface area contributed by atoms with Gasteiger partial charge in [-0.3, -0.25) is 86.3 Å². The number of carbonyl (C=O) groups is 19. The van der Waals surface area contributed by atoms with Crippen LogP contribution in [0.25, 0.3) is 0 Å². The Morgan fingerprint density at radius 3 is 1.18 bits per heavy atom. The van der Waals surface area contributed by atoms with Gasteiger partial charge in [-0.05, 0) is 124 Å². The molecule has 4 aromatic rings. The fraction of sp³-hybridized carbons (Fsp3) is 0.638. The molecule has 0 radical (unpaired) electrons. The average molecular weight is 2000 g/mol. The van der Waals surface area contributed by atoms with Gasteiger partial charge in [0, 0.05) is 80.9 Å². The number of amides is 18. The number of aromatic amines is 3. The summed E-state index contributed by atoms with van der Waals surface area (Å²) >= 11 is 0. The van der Waals surface area contributed by atoms with E-state index < -0.39 is 253 Å². The quantitative estimate of drug-likeness (QED) is 0.0203. The third-order valence-electron chi connectivity index (χ3n) is 24.5. The molecule has 26 N–H and O–H groups in total. The van der Waals surface area contributed by atoms with Crippen LogP contribution in [0.3, 0.4) is 0 Å². The summed E-state index contributed by atoms with van der Waals surface area (Å²) < 4.78 is 0. The Kier molecular flexibility index (Phi) is 47.4. The lowest BCUT2D eigenvalue weighted by molar-refractivity contribution is -0.143. The van der Waals surface area contributed by atoms with Crippen molar-refractivity contribution in [2.45, 2.75) is 309 Å². The molecule has 786 valence electrons. The number of aliphatic hydroxyl groups is 2. The van der Waals surface area contributed by atoms with Gasteiger partial charge < -0.3 is 136 Å². The highest BCUT2D eigenvalue weighted by atomic mass is 16.4. The topological polar surface area (TPSA) is 730 Å². The van der Waals surface area contributed by atoms with E-state index in [4.69, 9.17) is 11.5 Å². The third-order valence-corrected chi connectivity index (χ3v) is 24.5. The van der Waals surface area contributed by atoms with E-state index in [2.05, 4.69) is 110 Å². The molecule has 0 bridgehead atoms. The lowest BCUT2D eigenvalue weighted by atomic mass is 9.96. The molecule has 2 saturated heterocycles. The number of carboxylic acids is 1. The smallest absolute Gasteiger partial charge is 0.326 e. The van der Waals surface area contributed by atoms with E-state index in [1.165, 1.54) is 78.6 Å². The standard InChI is InChI=1S/C94H147N25O23/c1-16-52(13)76(90(137)111-65(35-56-38-97-44-101-56)80(127)100-41-74(124)115-75(51(11)12)94(141)142)116-87(134)70(43-121)114-88(135)71-20-18-28-118(71)93(140)69(33-50(9)10)113-85(132)64(34-55-22-24-59(122)25-23-55)106-78(125)54(15)104-82(129)66(36-57-39-98-45-102-57)108-86(133)67(37-58-40-99-46-103-58)109-84(131)63(31-48(5)6)110-91(138)77(53(14)17-2)117-89(136)72-21-19-29-119(72)92(139)68(32-49(7)8)112-81(128)61(26-27-73(96)123)105-83(130)62(30-47(3)4)107-79(126)60(95)42-120/h22-25,38-40,44-54,60-72,75-77,120-122H,16-21,26-37,41-43,95H2,1-15H3,(H2,96,123)(H,97,101)(H,98,102)(H,99,103)(H,100,127)(H,104,129)(H,105,130)(H,106,125)(H,107,126)(H,108,133)(H,109,131)(H,110,138)(H,111,137)(H,112,128)(H,113,132)(H,114,135)(H,115,124)(H,116,134)(H,117,136)(H,141,142)/t52-,53-,54-,60-,61-,62-,63-,64-,65-,66-,67-,68-,69-,70?,71-,72-,75-,76-,77-/m0/s1. The molecule has 3 aromatic heterocycles. The minimum absolute atomic E-state index is 0.0250. The molecule has 1 aromatic carbocycles. The van der Waals surface area contributed by atoms with Crippen LogP contribution in [-0.4, -0.2) is 308 Å². The Morgan fingerprint density at radius 1 is 0.408 bits per heavy atom. The number of carboxylic acid groups (broad SMARTS) is 1. The summed E-state index contributed by atoms with van der Waals surface area (Å²) in [5.74, 6) is -19.8. The summed E-state index contributed by atoms with van der Waals surface area (Å²) in [6.07, 6.45) is 7.71. The van der Waals surface area contributed by atoms with Gasteiger partial charge in [0.25, 0.3) is 0 Å². The molecule has 0 saturated carbocycles. The van der Waals surface area contributed by atoms with Crippen molar-refractivity contribution in [3.05, 3.63) is 84.5 Å². The van der Waals surface area contributed by atoms with Crippen molar-refractivity contribution >= 4 is 112 Å². The van der Waals surface area contributed by atoms with Gasteiger partial charge >= 0.3 is 5.97 Å². The zero-order valence-electron chi connectivity index (χ0n) is 83.4. The maximum absolute atomic E-state index is 15.1. The molecule has 2 aliphatic heterocycles. The zero-order valence-corrected chi connectivity index (χ0v) is 83.4. The summed E-state index contributed by atoms with van der Waals surface area (Å²) in [4.78, 5) is 292. The van der Waals surface area contributed by atoms with Gasteiger partial charge in [-0.15, -0.1) is 0 Å². The Hall–Kier alpha value is -13.5. The van der Waals surface area contributed by atoms with Crippen LogP contribution in [0.4, 0.5) is 0 Å². The van der Waals surface area contributed by atoms with Crippen LogP contribution in [0.1, 0.15) is 204 Å². The maximum atomic E-state index is 15.1. The van der Waals surface area contributed by atoms with Crippen molar-refractivity contribution in [3.8, 4) is 5.75 Å². The van der Waals surface area contributed by atoms with E-state index in [0.717, 1.165) is 0 Å². The fourth-order valence-corrected chi connectivity index (χ4v) is 16.2. The van der Waals surface area contributed by atoms with Crippen molar-refractivity contribution in [1.29, 1.82) is 0 Å². The summed E-state index contributed by atoms with van der Waals surface area (Å²) in [6, 6.07) is -18.4. The van der Waals surface area contributed by atoms with Gasteiger partial charge in [-0.2, -0.15) is 0 Å². The zero-order chi connectivity index (χ0) is 106. The molecule has 142 heavy (non-hydrogen) atoms. The number of primary amides is 1. The maximum Gasteiger partial charge on any atom is 0.326 e. The van der Waals surface area contributed by atoms with Gasteiger partial charge in [-0.25, -0.2) is 19.7 Å². The van der Waals surface area contributed by atoms with E-state index in [0.29, 0.717) is 35.5 Å². The molecule has 2 fully saturated rings. The highest BCUT2D eigenvalue weighted by Gasteiger charge is 2.45. The molecule has 18 amide bonds. The van der Waals surface area contributed by atoms with Gasteiger partial charge in [0.15, 0.2) is 0 Å².